The van der Waals surface area contributed by atoms with Crippen LogP contribution in [0.4, 0.5) is 0 Å². The first kappa shape index (κ1) is 9.44. The van der Waals surface area contributed by atoms with E-state index in [1.165, 1.54) is 6.39 Å². The van der Waals surface area contributed by atoms with Crippen molar-refractivity contribution in [1.82, 2.24) is 15.5 Å². The molecule has 1 N–H and O–H groups in total. The van der Waals surface area contributed by atoms with Gasteiger partial charge in [0.25, 0.3) is 0 Å². The second kappa shape index (κ2) is 4.39. The lowest BCUT2D eigenvalue weighted by atomic mass is 10.3. The van der Waals surface area contributed by atoms with E-state index >= 15 is 0 Å². The molecule has 0 aromatic carbocycles. The maximum absolute atomic E-state index is 5.22. The molecule has 1 fully saturated rings. The Labute approximate surface area is 75.9 Å². The largest absolute Gasteiger partial charge is 0.378 e. The monoisotopic (exact) mass is 191 g/mol. The highest BCUT2D eigenvalue weighted by Gasteiger charge is 2.18. The van der Waals surface area contributed by atoms with Gasteiger partial charge in [0.2, 0.25) is 6.39 Å². The predicted molar refractivity (Wildman–Crippen MR) is 43.1 cm³/mol. The van der Waals surface area contributed by atoms with E-state index in [2.05, 4.69) is 20.0 Å². The number of hydrogen-bond donors (Lipinski definition) is 1. The minimum absolute atomic E-state index is 0. The van der Waals surface area contributed by atoms with Crippen molar-refractivity contribution < 1.29 is 9.26 Å². The second-order valence-electron chi connectivity index (χ2n) is 2.37. The van der Waals surface area contributed by atoms with Crippen LogP contribution < -0.4 is 5.32 Å². The molecule has 0 aliphatic carbocycles. The van der Waals surface area contributed by atoms with Gasteiger partial charge in [-0.25, -0.2) is 0 Å². The van der Waals surface area contributed by atoms with Crippen LogP contribution >= 0.6 is 12.4 Å². The normalized spacial score (nSPS) is 23.2. The summed E-state index contributed by atoms with van der Waals surface area (Å²) in [7, 11) is 0. The zero-order valence-electron chi connectivity index (χ0n) is 6.40. The lowest BCUT2D eigenvalue weighted by Crippen LogP contribution is -2.35. The molecule has 0 bridgehead atoms. The van der Waals surface area contributed by atoms with Crippen molar-refractivity contribution in [3.05, 3.63) is 12.2 Å². The molecule has 1 aromatic rings. The molecular weight excluding hydrogens is 182 g/mol. The van der Waals surface area contributed by atoms with Crippen LogP contribution in [0.3, 0.4) is 0 Å². The Morgan fingerprint density at radius 3 is 3.08 bits per heavy atom. The third kappa shape index (κ3) is 1.94. The van der Waals surface area contributed by atoms with Crippen molar-refractivity contribution in [3.8, 4) is 0 Å². The number of ether oxygens (including phenoxy) is 1. The maximum Gasteiger partial charge on any atom is 0.213 e. The van der Waals surface area contributed by atoms with Gasteiger partial charge in [-0.3, -0.25) is 0 Å². The Balaban J connectivity index is 0.000000720. The van der Waals surface area contributed by atoms with Gasteiger partial charge in [-0.1, -0.05) is 5.16 Å². The molecule has 0 amide bonds. The summed E-state index contributed by atoms with van der Waals surface area (Å²) in [4.78, 5) is 3.92. The first-order chi connectivity index (χ1) is 5.47. The SMILES string of the molecule is Cl.c1nc(C2COCCN2)no1. The van der Waals surface area contributed by atoms with Gasteiger partial charge < -0.3 is 14.6 Å². The first-order valence-electron chi connectivity index (χ1n) is 3.54. The van der Waals surface area contributed by atoms with E-state index in [1.807, 2.05) is 0 Å². The van der Waals surface area contributed by atoms with Gasteiger partial charge in [0.05, 0.1) is 19.3 Å². The molecule has 68 valence electrons. The van der Waals surface area contributed by atoms with Gasteiger partial charge in [-0.15, -0.1) is 12.4 Å². The highest BCUT2D eigenvalue weighted by molar-refractivity contribution is 5.85. The lowest BCUT2D eigenvalue weighted by Gasteiger charge is -2.20. The predicted octanol–water partition coefficient (Wildman–Crippen LogP) is 0.152. The Kier molecular flexibility index (Phi) is 3.46. The smallest absolute Gasteiger partial charge is 0.213 e. The molecule has 6 heteroatoms. The van der Waals surface area contributed by atoms with Crippen LogP contribution in [0, 0.1) is 0 Å². The third-order valence-electron chi connectivity index (χ3n) is 1.61. The van der Waals surface area contributed by atoms with Gasteiger partial charge in [0, 0.05) is 6.54 Å². The van der Waals surface area contributed by atoms with Gasteiger partial charge in [-0.05, 0) is 0 Å². The van der Waals surface area contributed by atoms with Crippen molar-refractivity contribution in [2.24, 2.45) is 0 Å². The Morgan fingerprint density at radius 2 is 2.50 bits per heavy atom. The molecule has 1 saturated heterocycles. The summed E-state index contributed by atoms with van der Waals surface area (Å²) in [5, 5.41) is 6.92. The Bertz CT molecular complexity index is 211. The lowest BCUT2D eigenvalue weighted by molar-refractivity contribution is 0.0734. The van der Waals surface area contributed by atoms with E-state index in [9.17, 15) is 0 Å². The highest BCUT2D eigenvalue weighted by atomic mass is 35.5. The van der Waals surface area contributed by atoms with E-state index in [0.717, 1.165) is 13.2 Å². The summed E-state index contributed by atoms with van der Waals surface area (Å²) in [5.41, 5.74) is 0. The molecule has 1 unspecified atom stereocenters. The standard InChI is InChI=1S/C6H9N3O2.ClH/c1-2-10-3-5(7-1)6-8-4-11-9-6;/h4-5,7H,1-3H2;1H. The maximum atomic E-state index is 5.22. The quantitative estimate of drug-likeness (QED) is 0.685. The fourth-order valence-corrected chi connectivity index (χ4v) is 1.06. The fraction of sp³-hybridized carbons (Fsp3) is 0.667. The number of aromatic nitrogens is 2. The summed E-state index contributed by atoms with van der Waals surface area (Å²) in [6.07, 6.45) is 1.33. The van der Waals surface area contributed by atoms with Crippen LogP contribution in [0.1, 0.15) is 11.9 Å². The summed E-state index contributed by atoms with van der Waals surface area (Å²) < 4.78 is 9.83. The fourth-order valence-electron chi connectivity index (χ4n) is 1.06. The van der Waals surface area contributed by atoms with Gasteiger partial charge in [0.1, 0.15) is 0 Å². The molecule has 0 saturated carbocycles. The van der Waals surface area contributed by atoms with Crippen LogP contribution in [-0.4, -0.2) is 29.9 Å². The van der Waals surface area contributed by atoms with Crippen molar-refractivity contribution in [2.75, 3.05) is 19.8 Å². The van der Waals surface area contributed by atoms with Crippen LogP contribution in [0.15, 0.2) is 10.9 Å². The average molecular weight is 192 g/mol. The number of halogens is 1. The molecular formula is C6H10ClN3O2. The van der Waals surface area contributed by atoms with Crippen molar-refractivity contribution in [1.29, 1.82) is 0 Å². The zero-order valence-corrected chi connectivity index (χ0v) is 7.21. The van der Waals surface area contributed by atoms with Crippen LogP contribution in [0.25, 0.3) is 0 Å². The van der Waals surface area contributed by atoms with Gasteiger partial charge in [0.15, 0.2) is 5.82 Å². The van der Waals surface area contributed by atoms with E-state index in [1.54, 1.807) is 0 Å². The van der Waals surface area contributed by atoms with Crippen molar-refractivity contribution in [2.45, 2.75) is 6.04 Å². The van der Waals surface area contributed by atoms with E-state index < -0.39 is 0 Å². The molecule has 0 radical (unpaired) electrons. The van der Waals surface area contributed by atoms with Gasteiger partial charge in [-0.2, -0.15) is 4.98 Å². The number of nitrogens with zero attached hydrogens (tertiary/aromatic N) is 2. The summed E-state index contributed by atoms with van der Waals surface area (Å²) >= 11 is 0. The van der Waals surface area contributed by atoms with Crippen molar-refractivity contribution >= 4 is 12.4 Å². The molecule has 12 heavy (non-hydrogen) atoms. The molecule has 1 atom stereocenters. The van der Waals surface area contributed by atoms with Gasteiger partial charge >= 0.3 is 0 Å². The number of nitrogens with one attached hydrogen (secondary N) is 1. The molecule has 1 aliphatic heterocycles. The molecule has 5 nitrogen and oxygen atoms in total. The van der Waals surface area contributed by atoms with Crippen LogP contribution in [-0.2, 0) is 4.74 Å². The third-order valence-corrected chi connectivity index (χ3v) is 1.61. The molecule has 1 aromatic heterocycles. The minimum atomic E-state index is 0. The molecule has 1 aliphatic rings. The van der Waals surface area contributed by atoms with E-state index in [-0.39, 0.29) is 18.4 Å². The van der Waals surface area contributed by atoms with Crippen LogP contribution in [0.2, 0.25) is 0 Å². The summed E-state index contributed by atoms with van der Waals surface area (Å²) in [5.74, 6) is 0.671. The first-order valence-corrected chi connectivity index (χ1v) is 3.54. The van der Waals surface area contributed by atoms with Crippen molar-refractivity contribution in [3.63, 3.8) is 0 Å². The Morgan fingerprint density at radius 1 is 1.58 bits per heavy atom. The summed E-state index contributed by atoms with van der Waals surface area (Å²) in [6.45, 7) is 2.23. The number of hydrogen-bond acceptors (Lipinski definition) is 5. The molecule has 2 heterocycles. The topological polar surface area (TPSA) is 60.2 Å². The Hall–Kier alpha value is -0.650. The van der Waals surface area contributed by atoms with Crippen LogP contribution in [0.5, 0.6) is 0 Å². The highest BCUT2D eigenvalue weighted by Crippen LogP contribution is 2.09. The molecule has 0 spiro atoms. The molecule has 2 rings (SSSR count). The van der Waals surface area contributed by atoms with E-state index in [4.69, 9.17) is 4.74 Å². The summed E-state index contributed by atoms with van der Waals surface area (Å²) in [6, 6.07) is 0.0995. The average Bonchev–Trinajstić information content (AvgIpc) is 2.58. The van der Waals surface area contributed by atoms with E-state index in [0.29, 0.717) is 12.4 Å². The zero-order chi connectivity index (χ0) is 7.52. The second-order valence-corrected chi connectivity index (χ2v) is 2.37. The number of morpholine rings is 1. The minimum Gasteiger partial charge on any atom is -0.378 e. The number of rotatable bonds is 1.